The quantitative estimate of drug-likeness (QED) is 0.682. The van der Waals surface area contributed by atoms with E-state index in [1.165, 1.54) is 6.07 Å². The van der Waals surface area contributed by atoms with Gasteiger partial charge in [-0.3, -0.25) is 0 Å². The van der Waals surface area contributed by atoms with Crippen LogP contribution in [-0.4, -0.2) is 45.5 Å². The molecule has 0 saturated carbocycles. The van der Waals surface area contributed by atoms with Crippen LogP contribution >= 0.6 is 0 Å². The van der Waals surface area contributed by atoms with Gasteiger partial charge in [-0.05, 0) is 38.7 Å². The lowest BCUT2D eigenvalue weighted by molar-refractivity contribution is 0.281. The van der Waals surface area contributed by atoms with Crippen LogP contribution in [0.3, 0.4) is 0 Å². The molecule has 7 heteroatoms. The van der Waals surface area contributed by atoms with E-state index >= 15 is 0 Å². The summed E-state index contributed by atoms with van der Waals surface area (Å²) in [5, 5.41) is 3.07. The van der Waals surface area contributed by atoms with Crippen molar-refractivity contribution in [3.63, 3.8) is 0 Å². The monoisotopic (exact) mass is 317 g/mol. The number of likely N-dealkylation sites (N-methyl/N-ethyl adjacent to an activating group) is 1. The van der Waals surface area contributed by atoms with Crippen LogP contribution in [0.1, 0.15) is 33.5 Å². The Kier molecular flexibility index (Phi) is 7.37. The average molecular weight is 317 g/mol. The Morgan fingerprint density at radius 2 is 1.90 bits per heavy atom. The molecule has 1 atom stereocenters. The van der Waals surface area contributed by atoms with Crippen molar-refractivity contribution in [1.82, 2.24) is 14.9 Å². The lowest BCUT2D eigenvalue weighted by atomic mass is 10.3. The zero-order valence-corrected chi connectivity index (χ0v) is 14.2. The summed E-state index contributed by atoms with van der Waals surface area (Å²) < 4.78 is 32.5. The number of rotatable bonds is 10. The first-order chi connectivity index (χ1) is 9.92. The Morgan fingerprint density at radius 3 is 2.48 bits per heavy atom. The summed E-state index contributed by atoms with van der Waals surface area (Å²) in [6.07, 6.45) is 0. The van der Waals surface area contributed by atoms with Gasteiger partial charge in [-0.25, -0.2) is 13.1 Å². The van der Waals surface area contributed by atoms with Crippen molar-refractivity contribution in [2.24, 2.45) is 0 Å². The van der Waals surface area contributed by atoms with Crippen molar-refractivity contribution in [3.8, 4) is 0 Å². The van der Waals surface area contributed by atoms with Crippen molar-refractivity contribution in [2.75, 3.05) is 26.2 Å². The van der Waals surface area contributed by atoms with Crippen LogP contribution in [0.4, 0.5) is 0 Å². The van der Waals surface area contributed by atoms with Gasteiger partial charge in [0, 0.05) is 12.6 Å². The predicted molar refractivity (Wildman–Crippen MR) is 83.7 cm³/mol. The van der Waals surface area contributed by atoms with E-state index < -0.39 is 10.0 Å². The van der Waals surface area contributed by atoms with Gasteiger partial charge in [0.25, 0.3) is 10.0 Å². The summed E-state index contributed by atoms with van der Waals surface area (Å²) in [5.74, 6) is 0.619. The molecule has 1 heterocycles. The highest BCUT2D eigenvalue weighted by Crippen LogP contribution is 2.14. The second-order valence-electron chi connectivity index (χ2n) is 5.01. The molecule has 1 unspecified atom stereocenters. The van der Waals surface area contributed by atoms with E-state index in [-0.39, 0.29) is 11.1 Å². The number of nitrogens with one attached hydrogen (secondary N) is 2. The standard InChI is InChI=1S/C14H27N3O3S/c1-5-15-10-13-8-9-14(20-13)21(18,19)16-12(4)11-17(6-2)7-3/h8-9,12,15-16H,5-7,10-11H2,1-4H3. The van der Waals surface area contributed by atoms with E-state index in [2.05, 4.69) is 28.8 Å². The van der Waals surface area contributed by atoms with E-state index in [9.17, 15) is 8.42 Å². The molecule has 0 aromatic carbocycles. The highest BCUT2D eigenvalue weighted by Gasteiger charge is 2.22. The molecule has 0 bridgehead atoms. The SMILES string of the molecule is CCNCc1ccc(S(=O)(=O)NC(C)CN(CC)CC)o1. The van der Waals surface area contributed by atoms with Crippen molar-refractivity contribution in [1.29, 1.82) is 0 Å². The van der Waals surface area contributed by atoms with Crippen molar-refractivity contribution >= 4 is 10.0 Å². The largest absolute Gasteiger partial charge is 0.447 e. The lowest BCUT2D eigenvalue weighted by Gasteiger charge is -2.22. The van der Waals surface area contributed by atoms with Crippen molar-refractivity contribution in [2.45, 2.75) is 45.4 Å². The summed E-state index contributed by atoms with van der Waals surface area (Å²) in [6, 6.07) is 3.02. The van der Waals surface area contributed by atoms with Crippen LogP contribution in [0.2, 0.25) is 0 Å². The van der Waals surface area contributed by atoms with E-state index in [0.29, 0.717) is 18.8 Å². The van der Waals surface area contributed by atoms with Gasteiger partial charge in [0.05, 0.1) is 6.54 Å². The first kappa shape index (κ1) is 18.2. The third-order valence-corrected chi connectivity index (χ3v) is 4.70. The van der Waals surface area contributed by atoms with Gasteiger partial charge in [0.2, 0.25) is 5.09 Å². The van der Waals surface area contributed by atoms with Crippen molar-refractivity contribution in [3.05, 3.63) is 17.9 Å². The summed E-state index contributed by atoms with van der Waals surface area (Å²) >= 11 is 0. The van der Waals surface area contributed by atoms with Gasteiger partial charge < -0.3 is 14.6 Å². The molecular formula is C14H27N3O3S. The molecular weight excluding hydrogens is 290 g/mol. The first-order valence-corrected chi connectivity index (χ1v) is 8.95. The number of furan rings is 1. The van der Waals surface area contributed by atoms with Gasteiger partial charge in [-0.1, -0.05) is 20.8 Å². The van der Waals surface area contributed by atoms with Gasteiger partial charge >= 0.3 is 0 Å². The molecule has 1 rings (SSSR count). The molecule has 0 amide bonds. The van der Waals surface area contributed by atoms with Crippen molar-refractivity contribution < 1.29 is 12.8 Å². The maximum Gasteiger partial charge on any atom is 0.274 e. The minimum atomic E-state index is -3.60. The van der Waals surface area contributed by atoms with Crippen LogP contribution in [0.5, 0.6) is 0 Å². The molecule has 2 N–H and O–H groups in total. The Morgan fingerprint density at radius 1 is 1.24 bits per heavy atom. The fourth-order valence-corrected chi connectivity index (χ4v) is 3.26. The summed E-state index contributed by atoms with van der Waals surface area (Å²) in [6.45, 7) is 11.8. The maximum absolute atomic E-state index is 12.2. The van der Waals surface area contributed by atoms with Gasteiger partial charge in [-0.2, -0.15) is 0 Å². The lowest BCUT2D eigenvalue weighted by Crippen LogP contribution is -2.41. The van der Waals surface area contributed by atoms with Crippen LogP contribution in [0.25, 0.3) is 0 Å². The normalized spacial score (nSPS) is 13.8. The summed E-state index contributed by atoms with van der Waals surface area (Å²) in [7, 11) is -3.60. The molecule has 0 fully saturated rings. The molecule has 0 aliphatic heterocycles. The molecule has 0 spiro atoms. The van der Waals surface area contributed by atoms with Gasteiger partial charge in [0.15, 0.2) is 0 Å². The zero-order chi connectivity index (χ0) is 15.9. The Labute approximate surface area is 127 Å². The first-order valence-electron chi connectivity index (χ1n) is 7.47. The molecule has 0 saturated heterocycles. The maximum atomic E-state index is 12.2. The molecule has 1 aromatic heterocycles. The van der Waals surface area contributed by atoms with E-state index in [4.69, 9.17) is 4.42 Å². The summed E-state index contributed by atoms with van der Waals surface area (Å²) in [5.41, 5.74) is 0. The van der Waals surface area contributed by atoms with Crippen LogP contribution in [0.15, 0.2) is 21.6 Å². The molecule has 122 valence electrons. The third kappa shape index (κ3) is 5.78. The highest BCUT2D eigenvalue weighted by atomic mass is 32.2. The topological polar surface area (TPSA) is 74.6 Å². The van der Waals surface area contributed by atoms with Gasteiger partial charge in [-0.15, -0.1) is 0 Å². The third-order valence-electron chi connectivity index (χ3n) is 3.23. The van der Waals surface area contributed by atoms with Crippen LogP contribution in [0, 0.1) is 0 Å². The fraction of sp³-hybridized carbons (Fsp3) is 0.714. The Bertz CT molecular complexity index is 509. The Hall–Kier alpha value is -0.890. The van der Waals surface area contributed by atoms with Crippen LogP contribution < -0.4 is 10.0 Å². The molecule has 0 radical (unpaired) electrons. The number of hydrogen-bond acceptors (Lipinski definition) is 5. The summed E-state index contributed by atoms with van der Waals surface area (Å²) in [4.78, 5) is 2.17. The fourth-order valence-electron chi connectivity index (χ4n) is 2.08. The van der Waals surface area contributed by atoms with E-state index in [1.807, 2.05) is 13.8 Å². The molecule has 0 aliphatic carbocycles. The second-order valence-corrected chi connectivity index (χ2v) is 6.65. The highest BCUT2D eigenvalue weighted by molar-refractivity contribution is 7.89. The molecule has 1 aromatic rings. The smallest absolute Gasteiger partial charge is 0.274 e. The minimum absolute atomic E-state index is 0.0261. The number of nitrogens with zero attached hydrogens (tertiary/aromatic N) is 1. The van der Waals surface area contributed by atoms with E-state index in [0.717, 1.165) is 19.6 Å². The second kappa shape index (κ2) is 8.53. The van der Waals surface area contributed by atoms with E-state index in [1.54, 1.807) is 6.07 Å². The number of sulfonamides is 1. The zero-order valence-electron chi connectivity index (χ0n) is 13.3. The minimum Gasteiger partial charge on any atom is -0.447 e. The molecule has 0 aliphatic rings. The predicted octanol–water partition coefficient (Wildman–Crippen LogP) is 1.40. The Balaban J connectivity index is 2.65. The molecule has 6 nitrogen and oxygen atoms in total. The van der Waals surface area contributed by atoms with Crippen LogP contribution in [-0.2, 0) is 16.6 Å². The average Bonchev–Trinajstić information content (AvgIpc) is 2.91. The molecule has 21 heavy (non-hydrogen) atoms. The number of hydrogen-bond donors (Lipinski definition) is 2. The van der Waals surface area contributed by atoms with Gasteiger partial charge in [0.1, 0.15) is 5.76 Å².